The summed E-state index contributed by atoms with van der Waals surface area (Å²) < 4.78 is 0. The van der Waals surface area contributed by atoms with Gasteiger partial charge in [-0.05, 0) is 19.8 Å². The number of carboxylic acids is 1. The van der Waals surface area contributed by atoms with Crippen molar-refractivity contribution < 1.29 is 9.90 Å². The fourth-order valence-corrected chi connectivity index (χ4v) is 3.32. The number of thiazole rings is 1. The van der Waals surface area contributed by atoms with Gasteiger partial charge < -0.3 is 10.4 Å². The monoisotopic (exact) mass is 268 g/mol. The van der Waals surface area contributed by atoms with E-state index >= 15 is 0 Å². The summed E-state index contributed by atoms with van der Waals surface area (Å²) in [5.41, 5.74) is 1.05. The maximum Gasteiger partial charge on any atom is 0.303 e. The normalized spacial score (nSPS) is 18.5. The summed E-state index contributed by atoms with van der Waals surface area (Å²) in [6.45, 7) is 2.25. The van der Waals surface area contributed by atoms with Crippen LogP contribution < -0.4 is 5.32 Å². The van der Waals surface area contributed by atoms with Crippen LogP contribution in [0.5, 0.6) is 0 Å². The van der Waals surface area contributed by atoms with Crippen molar-refractivity contribution in [2.75, 3.05) is 5.32 Å². The zero-order valence-corrected chi connectivity index (χ0v) is 11.6. The Morgan fingerprint density at radius 3 is 2.89 bits per heavy atom. The summed E-state index contributed by atoms with van der Waals surface area (Å²) >= 11 is 1.58. The highest BCUT2D eigenvalue weighted by atomic mass is 32.1. The second-order valence-electron chi connectivity index (χ2n) is 5.28. The van der Waals surface area contributed by atoms with Crippen LogP contribution in [0.25, 0.3) is 0 Å². The summed E-state index contributed by atoms with van der Waals surface area (Å²) in [5.74, 6) is -0.767. The molecule has 0 aliphatic heterocycles. The average Bonchev–Trinajstić information content (AvgIpc) is 2.74. The molecule has 2 rings (SSSR count). The van der Waals surface area contributed by atoms with Gasteiger partial charge in [-0.2, -0.15) is 0 Å². The van der Waals surface area contributed by atoms with Crippen LogP contribution in [-0.4, -0.2) is 21.6 Å². The molecule has 1 aromatic heterocycles. The number of anilines is 1. The summed E-state index contributed by atoms with van der Waals surface area (Å²) in [6.07, 6.45) is 6.94. The number of nitrogens with one attached hydrogen (secondary N) is 1. The fourth-order valence-electron chi connectivity index (χ4n) is 2.43. The second kappa shape index (κ2) is 5.69. The summed E-state index contributed by atoms with van der Waals surface area (Å²) in [5, 5.41) is 15.1. The van der Waals surface area contributed by atoms with E-state index in [1.165, 1.54) is 32.1 Å². The third kappa shape index (κ3) is 3.70. The first-order valence-electron chi connectivity index (χ1n) is 6.52. The first kappa shape index (κ1) is 13.3. The van der Waals surface area contributed by atoms with Crippen LogP contribution in [0.3, 0.4) is 0 Å². The number of carbonyl (C=O) groups is 1. The van der Waals surface area contributed by atoms with Crippen LogP contribution in [0, 0.1) is 0 Å². The minimum absolute atomic E-state index is 0.153. The standard InChI is InChI=1S/C13H20N2O2S/c1-13(7-3-2-4-8-13)15-12-14-10(9-18-12)5-6-11(16)17/h9H,2-8H2,1H3,(H,14,15)(H,16,17). The number of aryl methyl sites for hydroxylation is 1. The van der Waals surface area contributed by atoms with Crippen molar-refractivity contribution in [2.45, 2.75) is 57.4 Å². The number of hydrogen-bond acceptors (Lipinski definition) is 4. The van der Waals surface area contributed by atoms with Gasteiger partial charge in [0, 0.05) is 17.3 Å². The van der Waals surface area contributed by atoms with Gasteiger partial charge in [-0.1, -0.05) is 19.3 Å². The highest BCUT2D eigenvalue weighted by Gasteiger charge is 2.27. The fraction of sp³-hybridized carbons (Fsp3) is 0.692. The van der Waals surface area contributed by atoms with Crippen LogP contribution in [0.4, 0.5) is 5.13 Å². The predicted molar refractivity (Wildman–Crippen MR) is 73.2 cm³/mol. The molecular formula is C13H20N2O2S. The quantitative estimate of drug-likeness (QED) is 0.860. The van der Waals surface area contributed by atoms with Gasteiger partial charge in [0.2, 0.25) is 0 Å². The smallest absolute Gasteiger partial charge is 0.303 e. The van der Waals surface area contributed by atoms with E-state index < -0.39 is 5.97 Å². The molecule has 0 saturated heterocycles. The molecule has 1 aromatic rings. The summed E-state index contributed by atoms with van der Waals surface area (Å²) in [4.78, 5) is 15.0. The Labute approximate surface area is 111 Å². The average molecular weight is 268 g/mol. The molecule has 1 heterocycles. The van der Waals surface area contributed by atoms with Crippen molar-refractivity contribution in [3.8, 4) is 0 Å². The molecule has 0 spiro atoms. The topological polar surface area (TPSA) is 62.2 Å². The minimum Gasteiger partial charge on any atom is -0.481 e. The van der Waals surface area contributed by atoms with E-state index in [1.54, 1.807) is 11.3 Å². The molecule has 100 valence electrons. The lowest BCUT2D eigenvalue weighted by Crippen LogP contribution is -2.36. The molecule has 5 heteroatoms. The highest BCUT2D eigenvalue weighted by Crippen LogP contribution is 2.32. The molecule has 0 atom stereocenters. The molecule has 1 aliphatic rings. The lowest BCUT2D eigenvalue weighted by molar-refractivity contribution is -0.136. The number of hydrogen-bond donors (Lipinski definition) is 2. The van der Waals surface area contributed by atoms with Gasteiger partial charge in [-0.25, -0.2) is 4.98 Å². The van der Waals surface area contributed by atoms with Crippen molar-refractivity contribution in [2.24, 2.45) is 0 Å². The molecule has 18 heavy (non-hydrogen) atoms. The number of nitrogens with zero attached hydrogens (tertiary/aromatic N) is 1. The molecule has 0 radical (unpaired) electrons. The zero-order chi connectivity index (χ0) is 13.0. The lowest BCUT2D eigenvalue weighted by Gasteiger charge is -2.34. The van der Waals surface area contributed by atoms with E-state index in [-0.39, 0.29) is 12.0 Å². The third-order valence-corrected chi connectivity index (χ3v) is 4.32. The SMILES string of the molecule is CC1(Nc2nc(CCC(=O)O)cs2)CCCCC1. The maximum atomic E-state index is 10.5. The summed E-state index contributed by atoms with van der Waals surface area (Å²) in [7, 11) is 0. The van der Waals surface area contributed by atoms with Gasteiger partial charge in [0.15, 0.2) is 5.13 Å². The van der Waals surface area contributed by atoms with E-state index in [2.05, 4.69) is 17.2 Å². The Balaban J connectivity index is 1.91. The molecule has 4 nitrogen and oxygen atoms in total. The Hall–Kier alpha value is -1.10. The van der Waals surface area contributed by atoms with Gasteiger partial charge >= 0.3 is 5.97 Å². The number of aromatic nitrogens is 1. The molecule has 0 unspecified atom stereocenters. The minimum atomic E-state index is -0.767. The Morgan fingerprint density at radius 1 is 1.50 bits per heavy atom. The van der Waals surface area contributed by atoms with Crippen LogP contribution in [-0.2, 0) is 11.2 Å². The van der Waals surface area contributed by atoms with Gasteiger partial charge in [0.25, 0.3) is 0 Å². The van der Waals surface area contributed by atoms with Gasteiger partial charge in [0.1, 0.15) is 0 Å². The lowest BCUT2D eigenvalue weighted by atomic mass is 9.83. The maximum absolute atomic E-state index is 10.5. The largest absolute Gasteiger partial charge is 0.481 e. The third-order valence-electron chi connectivity index (χ3n) is 3.51. The molecule has 1 saturated carbocycles. The van der Waals surface area contributed by atoms with Crippen LogP contribution in [0.15, 0.2) is 5.38 Å². The van der Waals surface area contributed by atoms with Gasteiger partial charge in [-0.3, -0.25) is 4.79 Å². The Morgan fingerprint density at radius 2 is 2.22 bits per heavy atom. The van der Waals surface area contributed by atoms with Crippen LogP contribution in [0.2, 0.25) is 0 Å². The number of aliphatic carboxylic acids is 1. The molecule has 1 aliphatic carbocycles. The number of rotatable bonds is 5. The van der Waals surface area contributed by atoms with E-state index in [0.717, 1.165) is 10.8 Å². The van der Waals surface area contributed by atoms with Crippen molar-refractivity contribution >= 4 is 22.4 Å². The number of carboxylic acid groups (broad SMARTS) is 1. The van der Waals surface area contributed by atoms with Crippen molar-refractivity contribution in [1.29, 1.82) is 0 Å². The first-order chi connectivity index (χ1) is 8.57. The molecule has 1 fully saturated rings. The summed E-state index contributed by atoms with van der Waals surface area (Å²) in [6, 6.07) is 0. The molecule has 0 aromatic carbocycles. The Bertz CT molecular complexity index is 411. The van der Waals surface area contributed by atoms with E-state index in [4.69, 9.17) is 5.11 Å². The predicted octanol–water partition coefficient (Wildman–Crippen LogP) is 3.30. The van der Waals surface area contributed by atoms with Crippen molar-refractivity contribution in [1.82, 2.24) is 4.98 Å². The van der Waals surface area contributed by atoms with Crippen molar-refractivity contribution in [3.63, 3.8) is 0 Å². The van der Waals surface area contributed by atoms with E-state index in [9.17, 15) is 4.79 Å². The first-order valence-corrected chi connectivity index (χ1v) is 7.40. The van der Waals surface area contributed by atoms with Crippen LogP contribution >= 0.6 is 11.3 Å². The Kier molecular flexibility index (Phi) is 4.22. The van der Waals surface area contributed by atoms with Crippen molar-refractivity contribution in [3.05, 3.63) is 11.1 Å². The van der Waals surface area contributed by atoms with E-state index in [1.807, 2.05) is 5.38 Å². The molecule has 0 bridgehead atoms. The van der Waals surface area contributed by atoms with E-state index in [0.29, 0.717) is 6.42 Å². The molecule has 0 amide bonds. The van der Waals surface area contributed by atoms with Crippen LogP contribution in [0.1, 0.15) is 51.1 Å². The molecular weight excluding hydrogens is 248 g/mol. The van der Waals surface area contributed by atoms with Gasteiger partial charge in [0.05, 0.1) is 12.1 Å². The molecule has 2 N–H and O–H groups in total. The van der Waals surface area contributed by atoms with Gasteiger partial charge in [-0.15, -0.1) is 11.3 Å². The zero-order valence-electron chi connectivity index (χ0n) is 10.7. The second-order valence-corrected chi connectivity index (χ2v) is 6.14. The highest BCUT2D eigenvalue weighted by molar-refractivity contribution is 7.13.